The van der Waals surface area contributed by atoms with Gasteiger partial charge >= 0.3 is 0 Å². The molecule has 1 heterocycles. The van der Waals surface area contributed by atoms with Crippen LogP contribution in [0, 0.1) is 15.7 Å². The normalized spacial score (nSPS) is 14.5. The number of piperazine rings is 1. The van der Waals surface area contributed by atoms with Crippen molar-refractivity contribution in [2.45, 2.75) is 46.6 Å². The first-order chi connectivity index (χ1) is 18.2. The number of phenolic OH excluding ortho intramolecular Hbond substituents is 1. The minimum Gasteiger partial charge on any atom is -0.507 e. The van der Waals surface area contributed by atoms with E-state index in [4.69, 9.17) is 15.6 Å². The van der Waals surface area contributed by atoms with E-state index in [1.807, 2.05) is 45.0 Å². The van der Waals surface area contributed by atoms with Crippen molar-refractivity contribution in [3.05, 3.63) is 58.0 Å². The number of benzene rings is 2. The fourth-order valence-electron chi connectivity index (χ4n) is 4.78. The number of hydrogen-bond donors (Lipinski definition) is 3. The lowest BCUT2D eigenvalue weighted by molar-refractivity contribution is -0.534. The first kappa shape index (κ1) is 29.3. The number of amidine groups is 2. The molecule has 0 aromatic heterocycles. The van der Waals surface area contributed by atoms with Gasteiger partial charge in [-0.05, 0) is 41.8 Å². The fourth-order valence-corrected chi connectivity index (χ4v) is 4.78. The van der Waals surface area contributed by atoms with E-state index in [0.717, 1.165) is 55.2 Å². The van der Waals surface area contributed by atoms with Crippen molar-refractivity contribution >= 4 is 17.4 Å². The average Bonchev–Trinajstić information content (AvgIpc) is 2.89. The first-order valence-electron chi connectivity index (χ1n) is 13.5. The molecule has 3 N–H and O–H groups in total. The van der Waals surface area contributed by atoms with Crippen molar-refractivity contribution in [3.8, 4) is 11.5 Å². The van der Waals surface area contributed by atoms with Crippen molar-refractivity contribution in [2.24, 2.45) is 0 Å². The smallest absolute Gasteiger partial charge is 0.248 e. The minimum absolute atomic E-state index is 0.0248. The van der Waals surface area contributed by atoms with Gasteiger partial charge in [-0.25, -0.2) is 0 Å². The van der Waals surface area contributed by atoms with E-state index >= 15 is 0 Å². The number of anilines is 1. The van der Waals surface area contributed by atoms with E-state index in [2.05, 4.69) is 16.7 Å². The zero-order valence-corrected chi connectivity index (χ0v) is 23.5. The molecule has 9 heteroatoms. The Hall–Kier alpha value is -3.30. The lowest BCUT2D eigenvalue weighted by atomic mass is 9.98. The monoisotopic (exact) mass is 523 g/mol. The number of likely N-dealkylation sites (N-methyl/N-ethyl adjacent to an activating group) is 1. The van der Waals surface area contributed by atoms with Gasteiger partial charge in [0.05, 0.1) is 12.7 Å². The molecule has 0 aliphatic carbocycles. The number of hydrogen-bond acceptors (Lipinski definition) is 7. The van der Waals surface area contributed by atoms with E-state index in [-0.39, 0.29) is 35.4 Å². The molecule has 38 heavy (non-hydrogen) atoms. The van der Waals surface area contributed by atoms with Crippen LogP contribution in [-0.2, 0) is 6.54 Å². The second kappa shape index (κ2) is 13.5. The number of nitrogens with one attached hydrogen (secondary N) is 2. The van der Waals surface area contributed by atoms with E-state index in [1.54, 1.807) is 13.2 Å². The molecule has 2 aromatic rings. The Morgan fingerprint density at radius 2 is 1.71 bits per heavy atom. The zero-order valence-electron chi connectivity index (χ0n) is 23.5. The van der Waals surface area contributed by atoms with E-state index in [9.17, 15) is 10.0 Å². The number of nitrogens with zero attached hydrogens (tertiary/aromatic N) is 4. The molecule has 0 spiro atoms. The molecule has 2 aromatic carbocycles. The van der Waals surface area contributed by atoms with Gasteiger partial charge in [0, 0.05) is 60.6 Å². The summed E-state index contributed by atoms with van der Waals surface area (Å²) in [5.74, 6) is 0.455. The molecule has 0 bridgehead atoms. The Balaban J connectivity index is 1.91. The van der Waals surface area contributed by atoms with Crippen molar-refractivity contribution in [3.63, 3.8) is 0 Å². The Labute approximate surface area is 226 Å². The van der Waals surface area contributed by atoms with Gasteiger partial charge in [0.25, 0.3) is 0 Å². The SMILES string of the molecule is CCC[N+](=O)CC(=N)N(C(=N)c1cc(C(C)C)c(OC)cc1O)c1ccc(CN2CCN(CC)CC2)cc1. The zero-order chi connectivity index (χ0) is 27.8. The summed E-state index contributed by atoms with van der Waals surface area (Å²) >= 11 is 0. The summed E-state index contributed by atoms with van der Waals surface area (Å²) in [5.41, 5.74) is 2.89. The summed E-state index contributed by atoms with van der Waals surface area (Å²) in [6, 6.07) is 11.1. The number of methoxy groups -OCH3 is 1. The molecule has 1 fully saturated rings. The van der Waals surface area contributed by atoms with Gasteiger partial charge in [-0.15, -0.1) is 0 Å². The second-order valence-electron chi connectivity index (χ2n) is 10.1. The third-order valence-corrected chi connectivity index (χ3v) is 7.03. The first-order valence-corrected chi connectivity index (χ1v) is 13.5. The van der Waals surface area contributed by atoms with Crippen LogP contribution in [0.5, 0.6) is 11.5 Å². The predicted octanol–water partition coefficient (Wildman–Crippen LogP) is 4.66. The molecule has 9 nitrogen and oxygen atoms in total. The van der Waals surface area contributed by atoms with Gasteiger partial charge in [-0.2, -0.15) is 0 Å². The highest BCUT2D eigenvalue weighted by molar-refractivity contribution is 6.24. The highest BCUT2D eigenvalue weighted by Gasteiger charge is 2.27. The van der Waals surface area contributed by atoms with Crippen LogP contribution in [0.4, 0.5) is 5.69 Å². The number of nitroso groups, excluding NO2 is 1. The van der Waals surface area contributed by atoms with Crippen LogP contribution in [0.3, 0.4) is 0 Å². The van der Waals surface area contributed by atoms with Crippen LogP contribution in [-0.4, -0.2) is 84.3 Å². The minimum atomic E-state index is -0.159. The van der Waals surface area contributed by atoms with Crippen molar-refractivity contribution in [2.75, 3.05) is 57.8 Å². The van der Waals surface area contributed by atoms with Gasteiger partial charge in [0.2, 0.25) is 6.54 Å². The number of phenols is 1. The van der Waals surface area contributed by atoms with Crippen molar-refractivity contribution in [1.29, 1.82) is 10.8 Å². The molecule has 0 atom stereocenters. The summed E-state index contributed by atoms with van der Waals surface area (Å²) in [6.07, 6.45) is 0.673. The third kappa shape index (κ3) is 7.17. The standard InChI is InChI=1S/C29H42N6O3/c1-6-12-34(37)20-28(30)35(29(31)25-17-24(21(3)4)27(38-5)18-26(25)36)23-10-8-22(9-11-23)19-33-15-13-32(7-2)14-16-33/h8-11,17-18,21,30H,6-7,12-16,19-20H2,1-5H3,(H-,31,36)/p+1. The molecular formula is C29H43N6O3+. The quantitative estimate of drug-likeness (QED) is 0.225. The third-order valence-electron chi connectivity index (χ3n) is 7.03. The Kier molecular flexibility index (Phi) is 10.4. The average molecular weight is 524 g/mol. The molecule has 0 amide bonds. The topological polar surface area (TPSA) is 107 Å². The maximum atomic E-state index is 12.4. The Morgan fingerprint density at radius 1 is 1.08 bits per heavy atom. The molecule has 1 aliphatic heterocycles. The predicted molar refractivity (Wildman–Crippen MR) is 153 cm³/mol. The van der Waals surface area contributed by atoms with E-state index in [1.165, 1.54) is 11.0 Å². The summed E-state index contributed by atoms with van der Waals surface area (Å²) in [6.45, 7) is 14.4. The van der Waals surface area contributed by atoms with Crippen LogP contribution in [0.15, 0.2) is 36.4 Å². The van der Waals surface area contributed by atoms with E-state index < -0.39 is 0 Å². The molecule has 0 unspecified atom stereocenters. The number of aromatic hydroxyl groups is 1. The molecule has 206 valence electrons. The van der Waals surface area contributed by atoms with Crippen LogP contribution >= 0.6 is 0 Å². The molecule has 3 rings (SSSR count). The molecule has 1 aliphatic rings. The summed E-state index contributed by atoms with van der Waals surface area (Å²) in [7, 11) is 1.55. The molecule has 1 saturated heterocycles. The van der Waals surface area contributed by atoms with E-state index in [0.29, 0.717) is 24.4 Å². The second-order valence-corrected chi connectivity index (χ2v) is 10.1. The maximum absolute atomic E-state index is 12.4. The molecular weight excluding hydrogens is 480 g/mol. The van der Waals surface area contributed by atoms with Gasteiger partial charge in [0.1, 0.15) is 17.3 Å². The Morgan fingerprint density at radius 3 is 2.26 bits per heavy atom. The van der Waals surface area contributed by atoms with Crippen molar-refractivity contribution < 1.29 is 14.6 Å². The van der Waals surface area contributed by atoms with Gasteiger partial charge < -0.3 is 14.7 Å². The molecule has 0 saturated carbocycles. The number of rotatable bonds is 11. The largest absolute Gasteiger partial charge is 0.507 e. The summed E-state index contributed by atoms with van der Waals surface area (Å²) < 4.78 is 6.27. The summed E-state index contributed by atoms with van der Waals surface area (Å²) in [4.78, 5) is 18.7. The molecule has 0 radical (unpaired) electrons. The van der Waals surface area contributed by atoms with Gasteiger partial charge in [-0.1, -0.05) is 39.8 Å². The lowest BCUT2D eigenvalue weighted by Crippen LogP contribution is -2.45. The van der Waals surface area contributed by atoms with Crippen LogP contribution in [0.2, 0.25) is 0 Å². The Bertz CT molecular complexity index is 1120. The number of ether oxygens (including phenoxy) is 1. The maximum Gasteiger partial charge on any atom is 0.248 e. The highest BCUT2D eigenvalue weighted by atomic mass is 16.5. The van der Waals surface area contributed by atoms with Crippen LogP contribution in [0.1, 0.15) is 56.7 Å². The van der Waals surface area contributed by atoms with Crippen molar-refractivity contribution in [1.82, 2.24) is 9.80 Å². The van der Waals surface area contributed by atoms with Gasteiger partial charge in [0.15, 0.2) is 12.4 Å². The lowest BCUT2D eigenvalue weighted by Gasteiger charge is -2.34. The van der Waals surface area contributed by atoms with Gasteiger partial charge in [-0.3, -0.25) is 20.6 Å². The fraction of sp³-hybridized carbons (Fsp3) is 0.517. The highest BCUT2D eigenvalue weighted by Crippen LogP contribution is 2.34. The van der Waals surface area contributed by atoms with Crippen LogP contribution in [0.25, 0.3) is 0 Å². The van der Waals surface area contributed by atoms with Crippen LogP contribution < -0.4 is 9.64 Å². The summed E-state index contributed by atoms with van der Waals surface area (Å²) in [5, 5.41) is 28.6.